The molecule has 0 aliphatic carbocycles. The van der Waals surface area contributed by atoms with Crippen molar-refractivity contribution >= 4 is 65.3 Å². The predicted octanol–water partition coefficient (Wildman–Crippen LogP) is 8.57. The molecule has 1 saturated heterocycles. The van der Waals surface area contributed by atoms with Crippen LogP contribution in [0.15, 0.2) is 133 Å². The summed E-state index contributed by atoms with van der Waals surface area (Å²) in [4.78, 5) is 68.6. The largest absolute Gasteiger partial charge is 0.497 e. The fourth-order valence-electron chi connectivity index (χ4n) is 13.7. The van der Waals surface area contributed by atoms with Crippen LogP contribution in [-0.2, 0) is 55.4 Å². The number of methoxy groups -OCH3 is 1. The molecule has 0 radical (unpaired) electrons. The fourth-order valence-corrected chi connectivity index (χ4v) is 17.7. The maximum Gasteiger partial charge on any atom is 0.264 e. The molecule has 87 heavy (non-hydrogen) atoms. The highest BCUT2D eigenvalue weighted by atomic mass is 28.3. The molecule has 0 saturated carbocycles. The number of ether oxygens (including phenoxy) is 4. The van der Waals surface area contributed by atoms with Gasteiger partial charge < -0.3 is 54.7 Å². The van der Waals surface area contributed by atoms with Crippen molar-refractivity contribution in [3.63, 3.8) is 0 Å². The van der Waals surface area contributed by atoms with Crippen LogP contribution in [0.25, 0.3) is 0 Å². The number of fused-ring (bicyclic) bond motifs is 4. The van der Waals surface area contributed by atoms with Gasteiger partial charge in [0, 0.05) is 49.2 Å². The lowest BCUT2D eigenvalue weighted by atomic mass is 9.82. The standard InChI is InChI=1S/C69H84N6O11Si/c1-7-84-54-24-29-60-49(38-54)40-58(70-31-12-14-34-76)66(80)74(60)51-20-16-19-48(37-51)45-73-62-28-21-52(75-61-30-25-55(85-8-2)39-50(61)41-59(67(75)81)71-32-13-15-35-77)42-57(62)69(68(73)82)46(3)65(87(5,6)56-26-22-53(83-4)23-27-56)63(86-69)43-64(79)72(33-36-78)44-47-17-10-9-11-18-47/h9-11,16-30,37-39,42,46,58-59,63,65,70-71,76-78H,7-8,12-15,31-36,40-41,43-45H2,1-6H3/t46-,58?,59?,63+,65-,69+/m1/s1. The zero-order valence-corrected chi connectivity index (χ0v) is 52.0. The number of nitrogens with one attached hydrogen (secondary N) is 2. The summed E-state index contributed by atoms with van der Waals surface area (Å²) in [5, 5.41) is 37.6. The molecule has 4 aliphatic heterocycles. The van der Waals surface area contributed by atoms with Gasteiger partial charge in [0.2, 0.25) is 17.7 Å². The van der Waals surface area contributed by atoms with Crippen LogP contribution in [-0.4, -0.2) is 130 Å². The van der Waals surface area contributed by atoms with Crippen LogP contribution in [0.1, 0.15) is 80.7 Å². The van der Waals surface area contributed by atoms with Crippen molar-refractivity contribution in [2.75, 3.05) is 74.5 Å². The Labute approximate surface area is 512 Å². The van der Waals surface area contributed by atoms with Gasteiger partial charge in [0.05, 0.1) is 83.2 Å². The van der Waals surface area contributed by atoms with Crippen molar-refractivity contribution in [3.8, 4) is 17.2 Å². The Hall–Kier alpha value is -7.42. The molecule has 2 unspecified atom stereocenters. The number of unbranched alkanes of at least 4 members (excludes halogenated alkanes) is 2. The maximum absolute atomic E-state index is 16.6. The summed E-state index contributed by atoms with van der Waals surface area (Å²) in [6.45, 7) is 12.8. The van der Waals surface area contributed by atoms with Gasteiger partial charge in [-0.15, -0.1) is 0 Å². The Morgan fingerprint density at radius 2 is 1.23 bits per heavy atom. The van der Waals surface area contributed by atoms with E-state index in [9.17, 15) is 20.1 Å². The first-order valence-electron chi connectivity index (χ1n) is 30.9. The van der Waals surface area contributed by atoms with Gasteiger partial charge in [-0.25, -0.2) is 0 Å². The Morgan fingerprint density at radius 1 is 0.667 bits per heavy atom. The van der Waals surface area contributed by atoms with E-state index in [0.29, 0.717) is 110 Å². The highest BCUT2D eigenvalue weighted by molar-refractivity contribution is 6.91. The average Bonchev–Trinajstić information content (AvgIpc) is 1.57. The van der Waals surface area contributed by atoms with Gasteiger partial charge >= 0.3 is 0 Å². The van der Waals surface area contributed by atoms with Crippen molar-refractivity contribution in [1.29, 1.82) is 0 Å². The zero-order chi connectivity index (χ0) is 61.4. The van der Waals surface area contributed by atoms with Crippen molar-refractivity contribution in [2.24, 2.45) is 5.92 Å². The summed E-state index contributed by atoms with van der Waals surface area (Å²) in [5.74, 6) is 0.723. The Morgan fingerprint density at radius 3 is 1.79 bits per heavy atom. The smallest absolute Gasteiger partial charge is 0.264 e. The third kappa shape index (κ3) is 12.8. The molecule has 5 N–H and O–H groups in total. The molecule has 6 aromatic rings. The molecule has 1 spiro atoms. The van der Waals surface area contributed by atoms with E-state index >= 15 is 14.4 Å². The SMILES string of the molecule is CCOc1ccc2c(c1)CC(NCCCCO)C(=O)N2c1cccc(CN2C(=O)[C@@]3(O[C@@H](CC(=O)N(CCO)Cc4ccccc4)[C@H]([Si](C)(C)c4ccc(OC)cc4)[C@H]3C)c3cc(N4C(=O)C(NCCCCO)Cc5cc(OCC)ccc54)ccc32)c1. The van der Waals surface area contributed by atoms with E-state index in [0.717, 1.165) is 33.1 Å². The van der Waals surface area contributed by atoms with E-state index in [-0.39, 0.29) is 75.0 Å². The number of aliphatic hydroxyl groups excluding tert-OH is 3. The van der Waals surface area contributed by atoms with Gasteiger partial charge in [0.25, 0.3) is 5.91 Å². The topological polar surface area (TPSA) is 203 Å². The molecule has 6 atom stereocenters. The molecule has 4 amide bonds. The molecule has 4 heterocycles. The molecule has 6 aromatic carbocycles. The van der Waals surface area contributed by atoms with Crippen LogP contribution < -0.4 is 44.7 Å². The molecule has 460 valence electrons. The van der Waals surface area contributed by atoms with E-state index in [1.807, 2.05) is 135 Å². The zero-order valence-electron chi connectivity index (χ0n) is 51.0. The first-order valence-corrected chi connectivity index (χ1v) is 33.9. The minimum atomic E-state index is -2.81. The van der Waals surface area contributed by atoms with Crippen LogP contribution in [0.2, 0.25) is 18.6 Å². The highest BCUT2D eigenvalue weighted by Crippen LogP contribution is 2.61. The number of hydrogen-bond donors (Lipinski definition) is 5. The molecule has 10 rings (SSSR count). The molecule has 4 aliphatic rings. The molecular formula is C69H84N6O11Si. The third-order valence-electron chi connectivity index (χ3n) is 17.9. The minimum Gasteiger partial charge on any atom is -0.497 e. The number of anilines is 5. The van der Waals surface area contributed by atoms with Crippen molar-refractivity contribution in [2.45, 2.75) is 121 Å². The molecule has 1 fully saturated rings. The lowest BCUT2D eigenvalue weighted by Crippen LogP contribution is -2.52. The molecule has 17 nitrogen and oxygen atoms in total. The maximum atomic E-state index is 16.6. The van der Waals surface area contributed by atoms with Crippen LogP contribution >= 0.6 is 0 Å². The van der Waals surface area contributed by atoms with Gasteiger partial charge in [-0.1, -0.05) is 79.8 Å². The second-order valence-corrected chi connectivity index (χ2v) is 28.4. The first-order chi connectivity index (χ1) is 42.2. The van der Waals surface area contributed by atoms with Gasteiger partial charge in [-0.2, -0.15) is 0 Å². The van der Waals surface area contributed by atoms with E-state index in [1.54, 1.807) is 26.7 Å². The van der Waals surface area contributed by atoms with Crippen LogP contribution in [0.4, 0.5) is 28.4 Å². The Kier molecular flexibility index (Phi) is 20.0. The average molecular weight is 1200 g/mol. The van der Waals surface area contributed by atoms with E-state index in [4.69, 9.17) is 18.9 Å². The van der Waals surface area contributed by atoms with Crippen LogP contribution in [0, 0.1) is 5.92 Å². The lowest BCUT2D eigenvalue weighted by Gasteiger charge is -2.37. The first kappa shape index (κ1) is 62.6. The molecule has 18 heteroatoms. The Balaban J connectivity index is 1.10. The van der Waals surface area contributed by atoms with E-state index < -0.39 is 37.8 Å². The van der Waals surface area contributed by atoms with E-state index in [1.165, 1.54) is 0 Å². The van der Waals surface area contributed by atoms with Crippen LogP contribution in [0.3, 0.4) is 0 Å². The highest BCUT2D eigenvalue weighted by Gasteiger charge is 2.67. The number of amides is 4. The number of hydrogen-bond acceptors (Lipinski definition) is 13. The third-order valence-corrected chi connectivity index (χ3v) is 22.3. The minimum absolute atomic E-state index is 0.0455. The van der Waals surface area contributed by atoms with Crippen LogP contribution in [0.5, 0.6) is 17.2 Å². The summed E-state index contributed by atoms with van der Waals surface area (Å²) in [7, 11) is -1.18. The normalized spacial score (nSPS) is 20.6. The van der Waals surface area contributed by atoms with Crippen molar-refractivity contribution in [3.05, 3.63) is 161 Å². The molecule has 0 aromatic heterocycles. The van der Waals surface area contributed by atoms with Gasteiger partial charge in [0.1, 0.15) is 17.2 Å². The number of benzene rings is 6. The second kappa shape index (κ2) is 27.7. The van der Waals surface area contributed by atoms with Crippen molar-refractivity contribution in [1.82, 2.24) is 15.5 Å². The lowest BCUT2D eigenvalue weighted by molar-refractivity contribution is -0.150. The molecular weight excluding hydrogens is 1120 g/mol. The quantitative estimate of drug-likeness (QED) is 0.0243. The molecule has 0 bridgehead atoms. The number of aliphatic hydroxyl groups is 3. The van der Waals surface area contributed by atoms with Gasteiger partial charge in [0.15, 0.2) is 5.60 Å². The van der Waals surface area contributed by atoms with Gasteiger partial charge in [-0.05, 0) is 172 Å². The summed E-state index contributed by atoms with van der Waals surface area (Å²) < 4.78 is 25.2. The van der Waals surface area contributed by atoms with Gasteiger partial charge in [-0.3, -0.25) is 29.0 Å². The second-order valence-electron chi connectivity index (χ2n) is 23.7. The fraction of sp³-hybridized carbons (Fsp3) is 0.420. The Bertz CT molecular complexity index is 3400. The predicted molar refractivity (Wildman–Crippen MR) is 340 cm³/mol. The van der Waals surface area contributed by atoms with E-state index in [2.05, 4.69) is 42.8 Å². The summed E-state index contributed by atoms with van der Waals surface area (Å²) in [5.41, 5.74) is 5.22. The summed E-state index contributed by atoms with van der Waals surface area (Å²) in [6.07, 6.45) is 2.59. The number of carbonyl (C=O) groups is 4. The number of carbonyl (C=O) groups excluding carboxylic acids is 4. The number of nitrogens with zero attached hydrogens (tertiary/aromatic N) is 4. The summed E-state index contributed by atoms with van der Waals surface area (Å²) >= 11 is 0. The van der Waals surface area contributed by atoms with Crippen molar-refractivity contribution < 1.29 is 53.4 Å². The number of rotatable bonds is 27. The monoisotopic (exact) mass is 1200 g/mol. The summed E-state index contributed by atoms with van der Waals surface area (Å²) in [6, 6.07) is 41.6.